The van der Waals surface area contributed by atoms with Gasteiger partial charge >= 0.3 is 11.9 Å². The van der Waals surface area contributed by atoms with Gasteiger partial charge in [0.1, 0.15) is 5.00 Å². The van der Waals surface area contributed by atoms with Crippen LogP contribution in [0.4, 0.5) is 10.7 Å². The Morgan fingerprint density at radius 1 is 1.03 bits per heavy atom. The Labute approximate surface area is 172 Å². The first-order valence-electron chi connectivity index (χ1n) is 8.84. The molecule has 0 aliphatic heterocycles. The minimum atomic E-state index is -0.712. The van der Waals surface area contributed by atoms with E-state index in [4.69, 9.17) is 9.47 Å². The summed E-state index contributed by atoms with van der Waals surface area (Å²) in [5, 5.41) is 5.52. The van der Waals surface area contributed by atoms with Crippen molar-refractivity contribution in [3.05, 3.63) is 45.8 Å². The van der Waals surface area contributed by atoms with E-state index in [9.17, 15) is 19.2 Å². The minimum absolute atomic E-state index is 0.194. The van der Waals surface area contributed by atoms with Gasteiger partial charge in [0.2, 0.25) is 5.91 Å². The summed E-state index contributed by atoms with van der Waals surface area (Å²) in [6, 6.07) is 6.18. The molecule has 8 nitrogen and oxygen atoms in total. The van der Waals surface area contributed by atoms with Gasteiger partial charge in [0.15, 0.2) is 6.61 Å². The monoisotopic (exact) mass is 418 g/mol. The number of hydrogen-bond donors (Lipinski definition) is 2. The van der Waals surface area contributed by atoms with Crippen molar-refractivity contribution in [2.75, 3.05) is 23.8 Å². The fourth-order valence-electron chi connectivity index (χ4n) is 2.47. The molecule has 1 aromatic carbocycles. The molecule has 0 unspecified atom stereocenters. The SMILES string of the molecule is CCOC(=O)c1c(NC(=O)COC(=O)c2cccc(NC(C)=O)c2)sc(C)c1C. The van der Waals surface area contributed by atoms with Gasteiger partial charge in [0, 0.05) is 17.5 Å². The zero-order valence-corrected chi connectivity index (χ0v) is 17.4. The van der Waals surface area contributed by atoms with E-state index >= 15 is 0 Å². The van der Waals surface area contributed by atoms with Crippen molar-refractivity contribution >= 4 is 45.8 Å². The molecule has 0 aliphatic rings. The number of esters is 2. The third-order valence-corrected chi connectivity index (χ3v) is 4.99. The highest BCUT2D eigenvalue weighted by atomic mass is 32.1. The van der Waals surface area contributed by atoms with Crippen molar-refractivity contribution in [3.63, 3.8) is 0 Å². The van der Waals surface area contributed by atoms with Crippen LogP contribution in [0.5, 0.6) is 0 Å². The molecular formula is C20H22N2O6S. The minimum Gasteiger partial charge on any atom is -0.462 e. The summed E-state index contributed by atoms with van der Waals surface area (Å²) in [4.78, 5) is 48.5. The van der Waals surface area contributed by atoms with Crippen molar-refractivity contribution in [2.24, 2.45) is 0 Å². The molecule has 2 amide bonds. The summed E-state index contributed by atoms with van der Waals surface area (Å²) in [6.07, 6.45) is 0. The van der Waals surface area contributed by atoms with Gasteiger partial charge in [-0.25, -0.2) is 9.59 Å². The van der Waals surface area contributed by atoms with Crippen LogP contribution >= 0.6 is 11.3 Å². The molecule has 2 aromatic rings. The molecule has 0 spiro atoms. The fourth-order valence-corrected chi connectivity index (χ4v) is 3.53. The highest BCUT2D eigenvalue weighted by molar-refractivity contribution is 7.16. The summed E-state index contributed by atoms with van der Waals surface area (Å²) in [6.45, 7) is 6.35. The second-order valence-electron chi connectivity index (χ2n) is 6.09. The lowest BCUT2D eigenvalue weighted by Gasteiger charge is -2.09. The molecule has 0 bridgehead atoms. The Morgan fingerprint density at radius 2 is 1.76 bits per heavy atom. The molecule has 0 saturated heterocycles. The zero-order chi connectivity index (χ0) is 21.6. The highest BCUT2D eigenvalue weighted by Crippen LogP contribution is 2.33. The van der Waals surface area contributed by atoms with Crippen molar-refractivity contribution < 1.29 is 28.7 Å². The van der Waals surface area contributed by atoms with Crippen LogP contribution in [0.1, 0.15) is 45.0 Å². The fraction of sp³-hybridized carbons (Fsp3) is 0.300. The number of anilines is 2. The molecule has 1 aromatic heterocycles. The van der Waals surface area contributed by atoms with E-state index in [0.29, 0.717) is 16.3 Å². The summed E-state index contributed by atoms with van der Waals surface area (Å²) in [5.74, 6) is -2.08. The molecule has 0 radical (unpaired) electrons. The number of thiophene rings is 1. The number of benzene rings is 1. The van der Waals surface area contributed by atoms with Gasteiger partial charge in [-0.3, -0.25) is 9.59 Å². The maximum absolute atomic E-state index is 12.2. The number of hydrogen-bond acceptors (Lipinski definition) is 7. The molecule has 154 valence electrons. The van der Waals surface area contributed by atoms with E-state index in [-0.39, 0.29) is 18.1 Å². The number of carbonyl (C=O) groups is 4. The molecule has 2 rings (SSSR count). The molecule has 0 aliphatic carbocycles. The second-order valence-corrected chi connectivity index (χ2v) is 7.32. The molecule has 0 saturated carbocycles. The van der Waals surface area contributed by atoms with Gasteiger partial charge in [-0.05, 0) is 44.5 Å². The Hall–Kier alpha value is -3.20. The predicted molar refractivity (Wildman–Crippen MR) is 109 cm³/mol. The van der Waals surface area contributed by atoms with Crippen LogP contribution in [0.3, 0.4) is 0 Å². The molecule has 0 atom stereocenters. The van der Waals surface area contributed by atoms with Gasteiger partial charge in [-0.15, -0.1) is 11.3 Å². The Bertz CT molecular complexity index is 950. The molecule has 0 fully saturated rings. The maximum Gasteiger partial charge on any atom is 0.341 e. The molecule has 9 heteroatoms. The Morgan fingerprint density at radius 3 is 2.41 bits per heavy atom. The first kappa shape index (κ1) is 22.1. The van der Waals surface area contributed by atoms with E-state index in [1.165, 1.54) is 30.4 Å². The van der Waals surface area contributed by atoms with Crippen molar-refractivity contribution in [3.8, 4) is 0 Å². The lowest BCUT2D eigenvalue weighted by molar-refractivity contribution is -0.119. The topological polar surface area (TPSA) is 111 Å². The summed E-state index contributed by atoms with van der Waals surface area (Å²) in [5.41, 5.74) is 1.67. The number of ether oxygens (including phenoxy) is 2. The second kappa shape index (κ2) is 9.83. The summed E-state index contributed by atoms with van der Waals surface area (Å²) < 4.78 is 10.1. The van der Waals surface area contributed by atoms with Gasteiger partial charge in [0.25, 0.3) is 5.91 Å². The van der Waals surface area contributed by atoms with Crippen LogP contribution < -0.4 is 10.6 Å². The highest BCUT2D eigenvalue weighted by Gasteiger charge is 2.22. The van der Waals surface area contributed by atoms with E-state index in [1.54, 1.807) is 26.0 Å². The van der Waals surface area contributed by atoms with E-state index in [0.717, 1.165) is 10.4 Å². The molecule has 1 heterocycles. The number of aryl methyl sites for hydroxylation is 1. The van der Waals surface area contributed by atoms with Crippen LogP contribution in [-0.2, 0) is 19.1 Å². The van der Waals surface area contributed by atoms with Crippen LogP contribution in [0.15, 0.2) is 24.3 Å². The largest absolute Gasteiger partial charge is 0.462 e. The Kier molecular flexibility index (Phi) is 7.49. The maximum atomic E-state index is 12.2. The average Bonchev–Trinajstić information content (AvgIpc) is 2.93. The molecule has 2 N–H and O–H groups in total. The zero-order valence-electron chi connectivity index (χ0n) is 16.6. The lowest BCUT2D eigenvalue weighted by atomic mass is 10.1. The number of nitrogens with one attached hydrogen (secondary N) is 2. The third kappa shape index (κ3) is 5.89. The van der Waals surface area contributed by atoms with E-state index < -0.39 is 24.5 Å². The van der Waals surface area contributed by atoms with Crippen molar-refractivity contribution in [1.29, 1.82) is 0 Å². The van der Waals surface area contributed by atoms with Crippen molar-refractivity contribution in [2.45, 2.75) is 27.7 Å². The van der Waals surface area contributed by atoms with Gasteiger partial charge in [0.05, 0.1) is 17.7 Å². The van der Waals surface area contributed by atoms with Crippen LogP contribution in [0.2, 0.25) is 0 Å². The van der Waals surface area contributed by atoms with E-state index in [2.05, 4.69) is 10.6 Å². The van der Waals surface area contributed by atoms with Crippen LogP contribution in [-0.4, -0.2) is 37.0 Å². The third-order valence-electron chi connectivity index (χ3n) is 3.87. The predicted octanol–water partition coefficient (Wildman–Crippen LogP) is 3.30. The first-order valence-corrected chi connectivity index (χ1v) is 9.66. The first-order chi connectivity index (χ1) is 13.7. The van der Waals surface area contributed by atoms with Gasteiger partial charge in [-0.1, -0.05) is 6.07 Å². The van der Waals surface area contributed by atoms with Crippen LogP contribution in [0.25, 0.3) is 0 Å². The lowest BCUT2D eigenvalue weighted by Crippen LogP contribution is -2.22. The standard InChI is InChI=1S/C20H22N2O6S/c1-5-27-20(26)17-11(2)12(3)29-18(17)22-16(24)10-28-19(25)14-7-6-8-15(9-14)21-13(4)23/h6-9H,5,10H2,1-4H3,(H,21,23)(H,22,24). The van der Waals surface area contributed by atoms with Crippen molar-refractivity contribution in [1.82, 2.24) is 0 Å². The molecular weight excluding hydrogens is 396 g/mol. The summed E-state index contributed by atoms with van der Waals surface area (Å²) in [7, 11) is 0. The van der Waals surface area contributed by atoms with E-state index in [1.807, 2.05) is 6.92 Å². The summed E-state index contributed by atoms with van der Waals surface area (Å²) >= 11 is 1.25. The Balaban J connectivity index is 2.02. The quantitative estimate of drug-likeness (QED) is 0.668. The number of carbonyl (C=O) groups excluding carboxylic acids is 4. The van der Waals surface area contributed by atoms with Gasteiger partial charge < -0.3 is 20.1 Å². The average molecular weight is 418 g/mol. The van der Waals surface area contributed by atoms with Crippen LogP contribution in [0, 0.1) is 13.8 Å². The smallest absolute Gasteiger partial charge is 0.341 e. The number of rotatable bonds is 7. The normalized spacial score (nSPS) is 10.2. The van der Waals surface area contributed by atoms with Gasteiger partial charge in [-0.2, -0.15) is 0 Å². The number of amides is 2. The molecule has 29 heavy (non-hydrogen) atoms.